The molecule has 0 radical (unpaired) electrons. The number of aromatic nitrogens is 3. The van der Waals surface area contributed by atoms with E-state index in [1.165, 1.54) is 4.68 Å². The van der Waals surface area contributed by atoms with Gasteiger partial charge in [0.05, 0.1) is 0 Å². The van der Waals surface area contributed by atoms with Crippen molar-refractivity contribution in [2.24, 2.45) is 7.05 Å². The molecular weight excluding hydrogens is 266 g/mol. The summed E-state index contributed by atoms with van der Waals surface area (Å²) in [5, 5.41) is 16.6. The Kier molecular flexibility index (Phi) is 3.23. The fourth-order valence-corrected chi connectivity index (χ4v) is 2.28. The maximum absolute atomic E-state index is 11.2. The molecule has 1 heterocycles. The smallest absolute Gasteiger partial charge is 0.358 e. The van der Waals surface area contributed by atoms with Crippen molar-refractivity contribution in [1.82, 2.24) is 15.0 Å². The van der Waals surface area contributed by atoms with Gasteiger partial charge in [0.15, 0.2) is 5.69 Å². The zero-order valence-electron chi connectivity index (χ0n) is 11.4. The van der Waals surface area contributed by atoms with Crippen molar-refractivity contribution in [3.63, 3.8) is 0 Å². The molecule has 5 nitrogen and oxygen atoms in total. The Morgan fingerprint density at radius 3 is 2.14 bits per heavy atom. The number of rotatable bonds is 3. The minimum absolute atomic E-state index is 0.0371. The molecule has 104 valence electrons. The monoisotopic (exact) mass is 279 g/mol. The van der Waals surface area contributed by atoms with Crippen molar-refractivity contribution in [2.45, 2.75) is 0 Å². The van der Waals surface area contributed by atoms with E-state index < -0.39 is 5.97 Å². The first-order valence-electron chi connectivity index (χ1n) is 6.45. The Labute approximate surface area is 121 Å². The van der Waals surface area contributed by atoms with Crippen LogP contribution in [0.2, 0.25) is 0 Å². The van der Waals surface area contributed by atoms with Crippen LogP contribution in [0.4, 0.5) is 0 Å². The van der Waals surface area contributed by atoms with E-state index >= 15 is 0 Å². The van der Waals surface area contributed by atoms with E-state index in [4.69, 9.17) is 5.11 Å². The van der Waals surface area contributed by atoms with Crippen LogP contribution < -0.4 is 0 Å². The lowest BCUT2D eigenvalue weighted by atomic mass is 10.0. The number of carboxylic acids is 1. The quantitative estimate of drug-likeness (QED) is 0.800. The van der Waals surface area contributed by atoms with Crippen LogP contribution in [0.25, 0.3) is 22.4 Å². The number of carbonyl (C=O) groups is 1. The zero-order chi connectivity index (χ0) is 14.8. The largest absolute Gasteiger partial charge is 0.476 e. The summed E-state index contributed by atoms with van der Waals surface area (Å²) in [7, 11) is 1.68. The van der Waals surface area contributed by atoms with Gasteiger partial charge in [0.2, 0.25) is 0 Å². The Morgan fingerprint density at radius 1 is 0.952 bits per heavy atom. The maximum Gasteiger partial charge on any atom is 0.358 e. The lowest BCUT2D eigenvalue weighted by molar-refractivity contribution is 0.0691. The summed E-state index contributed by atoms with van der Waals surface area (Å²) >= 11 is 0. The fourth-order valence-electron chi connectivity index (χ4n) is 2.28. The van der Waals surface area contributed by atoms with Gasteiger partial charge in [0.25, 0.3) is 0 Å². The minimum atomic E-state index is -1.08. The van der Waals surface area contributed by atoms with Gasteiger partial charge >= 0.3 is 5.97 Å². The van der Waals surface area contributed by atoms with Crippen molar-refractivity contribution < 1.29 is 9.90 Å². The molecule has 3 aromatic rings. The van der Waals surface area contributed by atoms with Crippen LogP contribution in [0.3, 0.4) is 0 Å². The minimum Gasteiger partial charge on any atom is -0.476 e. The van der Waals surface area contributed by atoms with E-state index in [2.05, 4.69) is 10.3 Å². The molecule has 0 atom stereocenters. The summed E-state index contributed by atoms with van der Waals surface area (Å²) in [6, 6.07) is 17.7. The van der Waals surface area contributed by atoms with E-state index in [9.17, 15) is 4.79 Å². The maximum atomic E-state index is 11.2. The molecular formula is C16H13N3O2. The first kappa shape index (κ1) is 13.1. The summed E-state index contributed by atoms with van der Waals surface area (Å²) in [5.41, 5.74) is 3.43. The average molecular weight is 279 g/mol. The van der Waals surface area contributed by atoms with Gasteiger partial charge in [-0.25, -0.2) is 9.48 Å². The topological polar surface area (TPSA) is 68.0 Å². The van der Waals surface area contributed by atoms with Gasteiger partial charge in [-0.3, -0.25) is 0 Å². The number of hydrogen-bond donors (Lipinski definition) is 1. The van der Waals surface area contributed by atoms with Crippen molar-refractivity contribution in [2.75, 3.05) is 0 Å². The van der Waals surface area contributed by atoms with Crippen molar-refractivity contribution in [1.29, 1.82) is 0 Å². The Balaban J connectivity index is 2.03. The van der Waals surface area contributed by atoms with Gasteiger partial charge in [-0.1, -0.05) is 59.8 Å². The van der Waals surface area contributed by atoms with Crippen LogP contribution in [0.5, 0.6) is 0 Å². The molecule has 0 bridgehead atoms. The van der Waals surface area contributed by atoms with Gasteiger partial charge < -0.3 is 5.11 Å². The first-order chi connectivity index (χ1) is 10.2. The molecule has 0 aliphatic carbocycles. The van der Waals surface area contributed by atoms with Crippen molar-refractivity contribution in [3.8, 4) is 22.4 Å². The predicted molar refractivity (Wildman–Crippen MR) is 78.8 cm³/mol. The van der Waals surface area contributed by atoms with E-state index in [-0.39, 0.29) is 5.69 Å². The fraction of sp³-hybridized carbons (Fsp3) is 0.0625. The molecule has 0 aliphatic rings. The highest BCUT2D eigenvalue weighted by molar-refractivity contribution is 5.92. The Morgan fingerprint density at radius 2 is 1.52 bits per heavy atom. The standard InChI is InChI=1S/C16H13N3O2/c1-19-15(14(16(20)21)17-18-19)13-9-7-12(8-10-13)11-5-3-2-4-6-11/h2-10H,1H3,(H,20,21). The number of benzene rings is 2. The van der Waals surface area contributed by atoms with Crippen molar-refractivity contribution in [3.05, 3.63) is 60.3 Å². The summed E-state index contributed by atoms with van der Waals surface area (Å²) in [4.78, 5) is 11.2. The summed E-state index contributed by atoms with van der Waals surface area (Å²) < 4.78 is 1.47. The summed E-state index contributed by atoms with van der Waals surface area (Å²) in [6.07, 6.45) is 0. The second kappa shape index (κ2) is 5.20. The highest BCUT2D eigenvalue weighted by atomic mass is 16.4. The number of aryl methyl sites for hydroxylation is 1. The molecule has 0 amide bonds. The highest BCUT2D eigenvalue weighted by Gasteiger charge is 2.18. The van der Waals surface area contributed by atoms with E-state index in [1.807, 2.05) is 54.6 Å². The summed E-state index contributed by atoms with van der Waals surface area (Å²) in [6.45, 7) is 0. The van der Waals surface area contributed by atoms with Crippen molar-refractivity contribution >= 4 is 5.97 Å². The lowest BCUT2D eigenvalue weighted by Gasteiger charge is -2.05. The number of carboxylic acid groups (broad SMARTS) is 1. The number of hydrogen-bond acceptors (Lipinski definition) is 3. The molecule has 0 spiro atoms. The van der Waals surface area contributed by atoms with Gasteiger partial charge in [-0.2, -0.15) is 0 Å². The number of nitrogens with zero attached hydrogens (tertiary/aromatic N) is 3. The predicted octanol–water partition coefficient (Wildman–Crippen LogP) is 2.85. The molecule has 3 rings (SSSR count). The molecule has 0 unspecified atom stereocenters. The van der Waals surface area contributed by atoms with Crippen LogP contribution in [0.15, 0.2) is 54.6 Å². The molecule has 0 fully saturated rings. The normalized spacial score (nSPS) is 10.5. The zero-order valence-corrected chi connectivity index (χ0v) is 11.4. The molecule has 2 aromatic carbocycles. The van der Waals surface area contributed by atoms with Gasteiger partial charge in [-0.15, -0.1) is 5.10 Å². The van der Waals surface area contributed by atoms with Gasteiger partial charge in [0.1, 0.15) is 5.69 Å². The lowest BCUT2D eigenvalue weighted by Crippen LogP contribution is -2.01. The molecule has 0 aliphatic heterocycles. The van der Waals surface area contributed by atoms with Crippen LogP contribution in [-0.2, 0) is 7.05 Å². The molecule has 21 heavy (non-hydrogen) atoms. The third kappa shape index (κ3) is 2.41. The second-order valence-corrected chi connectivity index (χ2v) is 4.66. The van der Waals surface area contributed by atoms with E-state index in [0.717, 1.165) is 16.7 Å². The van der Waals surface area contributed by atoms with Crippen LogP contribution in [0.1, 0.15) is 10.5 Å². The van der Waals surface area contributed by atoms with Gasteiger partial charge in [-0.05, 0) is 11.1 Å². The Bertz CT molecular complexity index is 777. The van der Waals surface area contributed by atoms with E-state index in [1.54, 1.807) is 7.05 Å². The first-order valence-corrected chi connectivity index (χ1v) is 6.45. The summed E-state index contributed by atoms with van der Waals surface area (Å²) in [5.74, 6) is -1.08. The third-order valence-electron chi connectivity index (χ3n) is 3.29. The molecule has 1 N–H and O–H groups in total. The average Bonchev–Trinajstić information content (AvgIpc) is 2.90. The molecule has 5 heteroatoms. The highest BCUT2D eigenvalue weighted by Crippen LogP contribution is 2.25. The third-order valence-corrected chi connectivity index (χ3v) is 3.29. The van der Waals surface area contributed by atoms with Crippen LogP contribution >= 0.6 is 0 Å². The molecule has 0 saturated carbocycles. The Hall–Kier alpha value is -2.95. The SMILES string of the molecule is Cn1nnc(C(=O)O)c1-c1ccc(-c2ccccc2)cc1. The van der Waals surface area contributed by atoms with Crippen LogP contribution in [0, 0.1) is 0 Å². The second-order valence-electron chi connectivity index (χ2n) is 4.66. The van der Waals surface area contributed by atoms with Crippen LogP contribution in [-0.4, -0.2) is 26.1 Å². The van der Waals surface area contributed by atoms with E-state index in [0.29, 0.717) is 5.69 Å². The molecule has 1 aromatic heterocycles. The number of aromatic carboxylic acids is 1. The van der Waals surface area contributed by atoms with Gasteiger partial charge in [0, 0.05) is 12.6 Å². The molecule has 0 saturated heterocycles.